The average Bonchev–Trinajstić information content (AvgIpc) is 2.59. The van der Waals surface area contributed by atoms with Gasteiger partial charge in [0.1, 0.15) is 0 Å². The quantitative estimate of drug-likeness (QED) is 0.697. The molecule has 0 aromatic rings. The van der Waals surface area contributed by atoms with Gasteiger partial charge in [-0.1, -0.05) is 33.1 Å². The Morgan fingerprint density at radius 2 is 2.29 bits per heavy atom. The van der Waals surface area contributed by atoms with Crippen molar-refractivity contribution in [1.82, 2.24) is 10.2 Å². The molecule has 1 aliphatic rings. The first-order chi connectivity index (χ1) is 6.77. The average molecular weight is 198 g/mol. The van der Waals surface area contributed by atoms with Crippen molar-refractivity contribution < 1.29 is 4.79 Å². The van der Waals surface area contributed by atoms with Gasteiger partial charge in [0, 0.05) is 19.6 Å². The molecule has 1 fully saturated rings. The minimum atomic E-state index is 0.125. The van der Waals surface area contributed by atoms with Crippen LogP contribution in [-0.2, 0) is 0 Å². The number of rotatable bonds is 6. The second-order valence-corrected chi connectivity index (χ2v) is 4.09. The van der Waals surface area contributed by atoms with Crippen LogP contribution in [0.25, 0.3) is 0 Å². The van der Waals surface area contributed by atoms with Gasteiger partial charge in [-0.15, -0.1) is 0 Å². The van der Waals surface area contributed by atoms with Gasteiger partial charge in [-0.3, -0.25) is 0 Å². The Morgan fingerprint density at radius 1 is 1.50 bits per heavy atom. The first-order valence-electron chi connectivity index (χ1n) is 5.80. The minimum absolute atomic E-state index is 0.125. The van der Waals surface area contributed by atoms with Crippen molar-refractivity contribution in [3.63, 3.8) is 0 Å². The third-order valence-corrected chi connectivity index (χ3v) is 2.97. The summed E-state index contributed by atoms with van der Waals surface area (Å²) in [6.45, 7) is 7.09. The molecule has 3 nitrogen and oxygen atoms in total. The maximum Gasteiger partial charge on any atom is 0.317 e. The van der Waals surface area contributed by atoms with Gasteiger partial charge in [0.05, 0.1) is 0 Å². The number of carbonyl (C=O) groups excluding carboxylic acids is 1. The maximum absolute atomic E-state index is 11.3. The summed E-state index contributed by atoms with van der Waals surface area (Å²) in [5, 5.41) is 2.84. The van der Waals surface area contributed by atoms with E-state index >= 15 is 0 Å². The topological polar surface area (TPSA) is 32.3 Å². The van der Waals surface area contributed by atoms with E-state index in [0.29, 0.717) is 5.92 Å². The monoisotopic (exact) mass is 198 g/mol. The van der Waals surface area contributed by atoms with Crippen LogP contribution in [0.15, 0.2) is 0 Å². The first kappa shape index (κ1) is 11.3. The molecular formula is C11H22N2O. The van der Waals surface area contributed by atoms with Crippen LogP contribution in [0.2, 0.25) is 0 Å². The van der Waals surface area contributed by atoms with Crippen LogP contribution in [0.3, 0.4) is 0 Å². The second-order valence-electron chi connectivity index (χ2n) is 4.09. The lowest BCUT2D eigenvalue weighted by atomic mass is 9.99. The van der Waals surface area contributed by atoms with E-state index in [2.05, 4.69) is 19.2 Å². The van der Waals surface area contributed by atoms with Gasteiger partial charge in [-0.05, 0) is 12.3 Å². The van der Waals surface area contributed by atoms with Crippen molar-refractivity contribution in [3.8, 4) is 0 Å². The Morgan fingerprint density at radius 3 is 2.79 bits per heavy atom. The Balaban J connectivity index is 2.28. The van der Waals surface area contributed by atoms with Crippen LogP contribution < -0.4 is 5.32 Å². The largest absolute Gasteiger partial charge is 0.336 e. The number of unbranched alkanes of at least 4 members (excludes halogenated alkanes) is 1. The molecule has 1 atom stereocenters. The number of urea groups is 1. The summed E-state index contributed by atoms with van der Waals surface area (Å²) < 4.78 is 0. The Labute approximate surface area is 86.9 Å². The molecule has 1 rings (SSSR count). The van der Waals surface area contributed by atoms with Gasteiger partial charge >= 0.3 is 6.03 Å². The van der Waals surface area contributed by atoms with Crippen molar-refractivity contribution in [2.24, 2.45) is 5.92 Å². The molecule has 0 aliphatic carbocycles. The van der Waals surface area contributed by atoms with Crippen molar-refractivity contribution >= 4 is 6.03 Å². The molecule has 0 aromatic heterocycles. The van der Waals surface area contributed by atoms with Crippen LogP contribution in [0.5, 0.6) is 0 Å². The molecule has 0 saturated carbocycles. The maximum atomic E-state index is 11.3. The number of hydrogen-bond donors (Lipinski definition) is 1. The van der Waals surface area contributed by atoms with E-state index in [1.807, 2.05) is 4.90 Å². The number of nitrogens with one attached hydrogen (secondary N) is 1. The number of hydrogen-bond acceptors (Lipinski definition) is 1. The highest BCUT2D eigenvalue weighted by Gasteiger charge is 2.21. The third kappa shape index (κ3) is 3.20. The molecule has 14 heavy (non-hydrogen) atoms. The van der Waals surface area contributed by atoms with E-state index in [9.17, 15) is 4.79 Å². The van der Waals surface area contributed by atoms with E-state index < -0.39 is 0 Å². The lowest BCUT2D eigenvalue weighted by molar-refractivity contribution is 0.205. The van der Waals surface area contributed by atoms with Crippen LogP contribution in [0.4, 0.5) is 4.79 Å². The Kier molecular flexibility index (Phi) is 4.77. The number of amides is 2. The van der Waals surface area contributed by atoms with Gasteiger partial charge in [0.25, 0.3) is 0 Å². The van der Waals surface area contributed by atoms with Gasteiger partial charge in [-0.2, -0.15) is 0 Å². The zero-order chi connectivity index (χ0) is 10.4. The summed E-state index contributed by atoms with van der Waals surface area (Å²) in [6, 6.07) is 0.125. The van der Waals surface area contributed by atoms with Gasteiger partial charge in [0.2, 0.25) is 0 Å². The minimum Gasteiger partial charge on any atom is -0.336 e. The van der Waals surface area contributed by atoms with Crippen LogP contribution >= 0.6 is 0 Å². The van der Waals surface area contributed by atoms with Crippen molar-refractivity contribution in [1.29, 1.82) is 0 Å². The molecule has 3 heteroatoms. The summed E-state index contributed by atoms with van der Waals surface area (Å²) in [5.41, 5.74) is 0. The summed E-state index contributed by atoms with van der Waals surface area (Å²) in [5.74, 6) is 0.693. The van der Waals surface area contributed by atoms with Gasteiger partial charge in [-0.25, -0.2) is 4.79 Å². The molecule has 1 saturated heterocycles. The highest BCUT2D eigenvalue weighted by atomic mass is 16.2. The van der Waals surface area contributed by atoms with Crippen molar-refractivity contribution in [2.45, 2.75) is 39.5 Å². The molecule has 0 aromatic carbocycles. The number of nitrogens with zero attached hydrogens (tertiary/aromatic N) is 1. The molecule has 82 valence electrons. The lowest BCUT2D eigenvalue weighted by Gasteiger charge is -2.21. The van der Waals surface area contributed by atoms with Crippen molar-refractivity contribution in [3.05, 3.63) is 0 Å². The molecule has 1 heterocycles. The van der Waals surface area contributed by atoms with E-state index in [-0.39, 0.29) is 6.03 Å². The van der Waals surface area contributed by atoms with E-state index in [4.69, 9.17) is 0 Å². The van der Waals surface area contributed by atoms with Gasteiger partial charge < -0.3 is 10.2 Å². The smallest absolute Gasteiger partial charge is 0.317 e. The van der Waals surface area contributed by atoms with Crippen LogP contribution in [0, 0.1) is 5.92 Å². The Bertz CT molecular complexity index is 182. The summed E-state index contributed by atoms with van der Waals surface area (Å²) in [7, 11) is 0. The number of carbonyl (C=O) groups is 1. The van der Waals surface area contributed by atoms with E-state index in [1.54, 1.807) is 0 Å². The Hall–Kier alpha value is -0.730. The molecule has 1 unspecified atom stereocenters. The zero-order valence-electron chi connectivity index (χ0n) is 9.38. The fourth-order valence-electron chi connectivity index (χ4n) is 1.91. The fraction of sp³-hybridized carbons (Fsp3) is 0.909. The van der Waals surface area contributed by atoms with Crippen LogP contribution in [0.1, 0.15) is 39.5 Å². The lowest BCUT2D eigenvalue weighted by Crippen LogP contribution is -2.32. The summed E-state index contributed by atoms with van der Waals surface area (Å²) in [4.78, 5) is 13.3. The highest BCUT2D eigenvalue weighted by Crippen LogP contribution is 2.15. The summed E-state index contributed by atoms with van der Waals surface area (Å²) in [6.07, 6.45) is 4.98. The molecule has 1 aliphatic heterocycles. The molecule has 0 spiro atoms. The highest BCUT2D eigenvalue weighted by molar-refractivity contribution is 5.76. The molecule has 2 amide bonds. The standard InChI is InChI=1S/C11H22N2O/c1-3-5-6-10(4-2)9-13-8-7-12-11(13)14/h10H,3-9H2,1-2H3,(H,12,14). The first-order valence-corrected chi connectivity index (χ1v) is 5.80. The van der Waals surface area contributed by atoms with Crippen molar-refractivity contribution in [2.75, 3.05) is 19.6 Å². The van der Waals surface area contributed by atoms with E-state index in [0.717, 1.165) is 19.6 Å². The van der Waals surface area contributed by atoms with E-state index in [1.165, 1.54) is 25.7 Å². The molecule has 1 N–H and O–H groups in total. The van der Waals surface area contributed by atoms with Crippen LogP contribution in [-0.4, -0.2) is 30.6 Å². The molecule has 0 bridgehead atoms. The SMILES string of the molecule is CCCCC(CC)CN1CCNC1=O. The normalized spacial score (nSPS) is 18.4. The predicted molar refractivity (Wildman–Crippen MR) is 58.3 cm³/mol. The summed E-state index contributed by atoms with van der Waals surface area (Å²) >= 11 is 0. The predicted octanol–water partition coefficient (Wildman–Crippen LogP) is 2.23. The molecular weight excluding hydrogens is 176 g/mol. The third-order valence-electron chi connectivity index (χ3n) is 2.97. The van der Waals surface area contributed by atoms with Gasteiger partial charge in [0.15, 0.2) is 0 Å². The zero-order valence-corrected chi connectivity index (χ0v) is 9.38. The second kappa shape index (κ2) is 5.89. The fourth-order valence-corrected chi connectivity index (χ4v) is 1.91. The molecule has 0 radical (unpaired) electrons.